The van der Waals surface area contributed by atoms with E-state index in [4.69, 9.17) is 21.3 Å². The largest absolute Gasteiger partial charge is 0.480 e. The third-order valence-corrected chi connectivity index (χ3v) is 3.52. The van der Waals surface area contributed by atoms with Gasteiger partial charge in [-0.3, -0.25) is 4.79 Å². The minimum Gasteiger partial charge on any atom is -0.480 e. The quantitative estimate of drug-likeness (QED) is 0.518. The van der Waals surface area contributed by atoms with Gasteiger partial charge in [-0.25, -0.2) is 4.79 Å². The first-order chi connectivity index (χ1) is 11.5. The van der Waals surface area contributed by atoms with Crippen molar-refractivity contribution in [1.82, 2.24) is 0 Å². The fourth-order valence-electron chi connectivity index (χ4n) is 2.18. The van der Waals surface area contributed by atoms with Crippen LogP contribution in [0.15, 0.2) is 54.6 Å². The number of carbonyl (C=O) groups excluding carboxylic acids is 1. The van der Waals surface area contributed by atoms with Gasteiger partial charge in [-0.15, -0.1) is 0 Å². The van der Waals surface area contributed by atoms with Gasteiger partial charge in [0.15, 0.2) is 0 Å². The van der Waals surface area contributed by atoms with Crippen LogP contribution in [-0.2, 0) is 22.4 Å². The summed E-state index contributed by atoms with van der Waals surface area (Å²) in [6.07, 6.45) is 0.600. The van der Waals surface area contributed by atoms with Crippen LogP contribution in [-0.4, -0.2) is 29.1 Å². The Balaban J connectivity index is 1.90. The zero-order valence-corrected chi connectivity index (χ0v) is 13.1. The topological polar surface area (TPSA) is 116 Å². The molecule has 2 atom stereocenters. The van der Waals surface area contributed by atoms with E-state index in [2.05, 4.69) is 0 Å². The number of hydrogen-bond donors (Lipinski definition) is 3. The summed E-state index contributed by atoms with van der Waals surface area (Å²) in [4.78, 5) is 22.8. The van der Waals surface area contributed by atoms with Crippen molar-refractivity contribution < 1.29 is 19.4 Å². The number of benzene rings is 2. The average molecular weight is 328 g/mol. The summed E-state index contributed by atoms with van der Waals surface area (Å²) in [5.74, 6) is -1.22. The molecule has 0 fully saturated rings. The molecule has 0 aliphatic heterocycles. The SMILES string of the molecule is NC(Cc1ccc(OC(=O)C(N)Cc2ccccc2)cc1)C(=O)O. The molecule has 2 aromatic rings. The Bertz CT molecular complexity index is 686. The van der Waals surface area contributed by atoms with Gasteiger partial charge in [-0.2, -0.15) is 0 Å². The van der Waals surface area contributed by atoms with Gasteiger partial charge in [0, 0.05) is 0 Å². The van der Waals surface area contributed by atoms with Crippen molar-refractivity contribution in [2.45, 2.75) is 24.9 Å². The number of carboxylic acid groups (broad SMARTS) is 1. The minimum absolute atomic E-state index is 0.205. The summed E-state index contributed by atoms with van der Waals surface area (Å²) < 4.78 is 5.24. The predicted octanol–water partition coefficient (Wildman–Crippen LogP) is 1.12. The fraction of sp³-hybridized carbons (Fsp3) is 0.222. The van der Waals surface area contributed by atoms with Crippen molar-refractivity contribution in [3.05, 3.63) is 65.7 Å². The van der Waals surface area contributed by atoms with E-state index in [1.165, 1.54) is 0 Å². The summed E-state index contributed by atoms with van der Waals surface area (Å²) in [5.41, 5.74) is 13.1. The lowest BCUT2D eigenvalue weighted by Crippen LogP contribution is -2.36. The summed E-state index contributed by atoms with van der Waals surface area (Å²) in [5, 5.41) is 8.79. The first-order valence-electron chi connectivity index (χ1n) is 7.54. The van der Waals surface area contributed by atoms with Crippen molar-refractivity contribution in [2.75, 3.05) is 0 Å². The molecule has 24 heavy (non-hydrogen) atoms. The van der Waals surface area contributed by atoms with Crippen LogP contribution in [0.4, 0.5) is 0 Å². The zero-order chi connectivity index (χ0) is 17.5. The molecule has 5 N–H and O–H groups in total. The van der Waals surface area contributed by atoms with Crippen LogP contribution in [0.25, 0.3) is 0 Å². The van der Waals surface area contributed by atoms with E-state index in [0.717, 1.165) is 11.1 Å². The molecule has 0 aliphatic rings. The average Bonchev–Trinajstić information content (AvgIpc) is 2.57. The highest BCUT2D eigenvalue weighted by Gasteiger charge is 2.17. The van der Waals surface area contributed by atoms with Gasteiger partial charge in [0.25, 0.3) is 0 Å². The smallest absolute Gasteiger partial charge is 0.328 e. The van der Waals surface area contributed by atoms with Crippen molar-refractivity contribution in [3.8, 4) is 5.75 Å². The van der Waals surface area contributed by atoms with Gasteiger partial charge in [0.2, 0.25) is 0 Å². The van der Waals surface area contributed by atoms with E-state index in [1.807, 2.05) is 30.3 Å². The van der Waals surface area contributed by atoms with Crippen molar-refractivity contribution in [2.24, 2.45) is 11.5 Å². The summed E-state index contributed by atoms with van der Waals surface area (Å²) in [6, 6.07) is 14.3. The van der Waals surface area contributed by atoms with Gasteiger partial charge in [0.1, 0.15) is 17.8 Å². The molecule has 2 aromatic carbocycles. The molecular weight excluding hydrogens is 308 g/mol. The van der Waals surface area contributed by atoms with E-state index in [9.17, 15) is 9.59 Å². The standard InChI is InChI=1S/C18H20N2O4/c19-15(17(21)22)10-13-6-8-14(9-7-13)24-18(23)16(20)11-12-4-2-1-3-5-12/h1-9,15-16H,10-11,19-20H2,(H,21,22). The van der Waals surface area contributed by atoms with E-state index >= 15 is 0 Å². The van der Waals surface area contributed by atoms with E-state index in [1.54, 1.807) is 24.3 Å². The lowest BCUT2D eigenvalue weighted by atomic mass is 10.1. The van der Waals surface area contributed by atoms with Crippen molar-refractivity contribution in [1.29, 1.82) is 0 Å². The molecule has 0 aromatic heterocycles. The Labute approximate surface area is 140 Å². The van der Waals surface area contributed by atoms with Gasteiger partial charge in [-0.1, -0.05) is 42.5 Å². The fourth-order valence-corrected chi connectivity index (χ4v) is 2.18. The van der Waals surface area contributed by atoms with E-state index < -0.39 is 24.0 Å². The molecule has 6 nitrogen and oxygen atoms in total. The van der Waals surface area contributed by atoms with Crippen LogP contribution < -0.4 is 16.2 Å². The number of nitrogens with two attached hydrogens (primary N) is 2. The van der Waals surface area contributed by atoms with Crippen LogP contribution in [0.5, 0.6) is 5.75 Å². The first-order valence-corrected chi connectivity index (χ1v) is 7.54. The molecule has 6 heteroatoms. The van der Waals surface area contributed by atoms with Crippen molar-refractivity contribution in [3.63, 3.8) is 0 Å². The number of ether oxygens (including phenoxy) is 1. The van der Waals surface area contributed by atoms with Crippen molar-refractivity contribution >= 4 is 11.9 Å². The third kappa shape index (κ3) is 5.19. The highest BCUT2D eigenvalue weighted by Crippen LogP contribution is 2.14. The number of carboxylic acids is 1. The Hall–Kier alpha value is -2.70. The van der Waals surface area contributed by atoms with Crippen LogP contribution in [0.1, 0.15) is 11.1 Å². The molecule has 0 heterocycles. The van der Waals surface area contributed by atoms with Gasteiger partial charge in [-0.05, 0) is 36.1 Å². The van der Waals surface area contributed by atoms with Crippen LogP contribution >= 0.6 is 0 Å². The lowest BCUT2D eigenvalue weighted by Gasteiger charge is -2.12. The monoisotopic (exact) mass is 328 g/mol. The normalized spacial score (nSPS) is 13.1. The molecule has 2 unspecified atom stereocenters. The molecule has 126 valence electrons. The summed E-state index contributed by atoms with van der Waals surface area (Å²) in [6.45, 7) is 0. The van der Waals surface area contributed by atoms with Crippen LogP contribution in [0.3, 0.4) is 0 Å². The molecule has 0 saturated carbocycles. The molecular formula is C18H20N2O4. The Morgan fingerprint density at radius 2 is 1.42 bits per heavy atom. The lowest BCUT2D eigenvalue weighted by molar-refractivity contribution is -0.138. The zero-order valence-electron chi connectivity index (χ0n) is 13.1. The van der Waals surface area contributed by atoms with E-state index in [-0.39, 0.29) is 6.42 Å². The number of esters is 1. The van der Waals surface area contributed by atoms with Gasteiger partial charge < -0.3 is 21.3 Å². The summed E-state index contributed by atoms with van der Waals surface area (Å²) in [7, 11) is 0. The second kappa shape index (κ2) is 8.24. The maximum atomic E-state index is 12.0. The first kappa shape index (κ1) is 17.7. The molecule has 2 rings (SSSR count). The van der Waals surface area contributed by atoms with Crippen LogP contribution in [0.2, 0.25) is 0 Å². The molecule has 0 bridgehead atoms. The number of aliphatic carboxylic acids is 1. The molecule has 0 radical (unpaired) electrons. The van der Waals surface area contributed by atoms with E-state index in [0.29, 0.717) is 12.2 Å². The predicted molar refractivity (Wildman–Crippen MR) is 89.5 cm³/mol. The minimum atomic E-state index is -1.06. The third-order valence-electron chi connectivity index (χ3n) is 3.52. The second-order valence-corrected chi connectivity index (χ2v) is 5.51. The second-order valence-electron chi connectivity index (χ2n) is 5.51. The summed E-state index contributed by atoms with van der Waals surface area (Å²) >= 11 is 0. The number of carbonyl (C=O) groups is 2. The van der Waals surface area contributed by atoms with Gasteiger partial charge >= 0.3 is 11.9 Å². The Morgan fingerprint density at radius 3 is 2.00 bits per heavy atom. The Morgan fingerprint density at radius 1 is 0.875 bits per heavy atom. The highest BCUT2D eigenvalue weighted by molar-refractivity contribution is 5.78. The highest BCUT2D eigenvalue weighted by atomic mass is 16.5. The Kier molecular flexibility index (Phi) is 6.06. The molecule has 0 saturated heterocycles. The molecule has 0 amide bonds. The molecule has 0 spiro atoms. The van der Waals surface area contributed by atoms with Crippen LogP contribution in [0, 0.1) is 0 Å². The number of hydrogen-bond acceptors (Lipinski definition) is 5. The maximum Gasteiger partial charge on any atom is 0.328 e. The maximum absolute atomic E-state index is 12.0. The molecule has 0 aliphatic carbocycles. The van der Waals surface area contributed by atoms with Gasteiger partial charge in [0.05, 0.1) is 0 Å². The number of rotatable bonds is 7.